The summed E-state index contributed by atoms with van der Waals surface area (Å²) in [6, 6.07) is 6.15. The lowest BCUT2D eigenvalue weighted by Crippen LogP contribution is -2.15. The molecule has 6 heteroatoms. The third-order valence-corrected chi connectivity index (χ3v) is 4.49. The maximum atomic E-state index is 5.38. The van der Waals surface area contributed by atoms with E-state index in [0.29, 0.717) is 5.92 Å². The molecule has 1 saturated heterocycles. The summed E-state index contributed by atoms with van der Waals surface area (Å²) in [6.45, 7) is 1.63. The van der Waals surface area contributed by atoms with Crippen LogP contribution in [0.5, 0.6) is 0 Å². The van der Waals surface area contributed by atoms with Crippen LogP contribution in [-0.4, -0.2) is 33.4 Å². The van der Waals surface area contributed by atoms with Gasteiger partial charge in [-0.3, -0.25) is 5.10 Å². The van der Waals surface area contributed by atoms with Crippen LogP contribution in [0.4, 0.5) is 0 Å². The monoisotopic (exact) mass is 286 g/mol. The van der Waals surface area contributed by atoms with Crippen LogP contribution in [0.1, 0.15) is 24.6 Å². The lowest BCUT2D eigenvalue weighted by molar-refractivity contribution is 0.0836. The van der Waals surface area contributed by atoms with Gasteiger partial charge in [0.05, 0.1) is 15.7 Å². The quantitative estimate of drug-likeness (QED) is 0.786. The number of aromatic nitrogens is 4. The van der Waals surface area contributed by atoms with E-state index in [1.165, 1.54) is 4.70 Å². The van der Waals surface area contributed by atoms with E-state index in [1.807, 2.05) is 17.6 Å². The van der Waals surface area contributed by atoms with E-state index < -0.39 is 0 Å². The first-order valence-corrected chi connectivity index (χ1v) is 7.62. The minimum Gasteiger partial charge on any atom is -0.381 e. The fourth-order valence-corrected chi connectivity index (χ4v) is 3.27. The molecule has 1 N–H and O–H groups in total. The highest BCUT2D eigenvalue weighted by Crippen LogP contribution is 2.27. The SMILES string of the molecule is c1nc2ccc(-c3n[nH]c(C4CCOCC4)n3)cc2s1. The van der Waals surface area contributed by atoms with E-state index in [1.54, 1.807) is 11.3 Å². The number of fused-ring (bicyclic) bond motifs is 1. The Morgan fingerprint density at radius 1 is 1.25 bits per heavy atom. The fraction of sp³-hybridized carbons (Fsp3) is 0.357. The summed E-state index contributed by atoms with van der Waals surface area (Å²) in [5.74, 6) is 2.19. The summed E-state index contributed by atoms with van der Waals surface area (Å²) < 4.78 is 6.55. The normalized spacial score (nSPS) is 16.8. The number of hydrogen-bond acceptors (Lipinski definition) is 5. The van der Waals surface area contributed by atoms with Crippen LogP contribution >= 0.6 is 11.3 Å². The zero-order valence-electron chi connectivity index (χ0n) is 10.9. The van der Waals surface area contributed by atoms with Crippen molar-refractivity contribution in [3.8, 4) is 11.4 Å². The predicted molar refractivity (Wildman–Crippen MR) is 77.8 cm³/mol. The molecule has 0 radical (unpaired) electrons. The predicted octanol–water partition coefficient (Wildman–Crippen LogP) is 2.98. The van der Waals surface area contributed by atoms with Crippen LogP contribution in [0.2, 0.25) is 0 Å². The Kier molecular flexibility index (Phi) is 2.97. The van der Waals surface area contributed by atoms with E-state index in [4.69, 9.17) is 4.74 Å². The topological polar surface area (TPSA) is 63.7 Å². The molecule has 0 unspecified atom stereocenters. The van der Waals surface area contributed by atoms with Gasteiger partial charge < -0.3 is 4.74 Å². The van der Waals surface area contributed by atoms with E-state index >= 15 is 0 Å². The average Bonchev–Trinajstić information content (AvgIpc) is 3.16. The Balaban J connectivity index is 1.66. The minimum absolute atomic E-state index is 0.442. The molecule has 0 spiro atoms. The molecule has 102 valence electrons. The number of rotatable bonds is 2. The number of benzene rings is 1. The number of H-pyrrole nitrogens is 1. The molecule has 1 aromatic carbocycles. The molecule has 0 aliphatic carbocycles. The second kappa shape index (κ2) is 4.96. The molecule has 5 nitrogen and oxygen atoms in total. The standard InChI is InChI=1S/C14H14N4OS/c1-2-11-12(20-8-15-11)7-10(1)14-16-13(17-18-14)9-3-5-19-6-4-9/h1-2,7-9H,3-6H2,(H,16,17,18). The van der Waals surface area contributed by atoms with Gasteiger partial charge in [-0.1, -0.05) is 0 Å². The molecule has 0 saturated carbocycles. The number of ether oxygens (including phenoxy) is 1. The van der Waals surface area contributed by atoms with Gasteiger partial charge >= 0.3 is 0 Å². The van der Waals surface area contributed by atoms with Crippen LogP contribution in [0, 0.1) is 0 Å². The van der Waals surface area contributed by atoms with Gasteiger partial charge in [0.2, 0.25) is 0 Å². The van der Waals surface area contributed by atoms with Crippen LogP contribution in [0.25, 0.3) is 21.6 Å². The van der Waals surface area contributed by atoms with Crippen molar-refractivity contribution in [1.29, 1.82) is 0 Å². The zero-order chi connectivity index (χ0) is 13.4. The Bertz CT molecular complexity index is 729. The van der Waals surface area contributed by atoms with Crippen molar-refractivity contribution >= 4 is 21.6 Å². The summed E-state index contributed by atoms with van der Waals surface area (Å²) in [7, 11) is 0. The number of thiazole rings is 1. The molecule has 0 bridgehead atoms. The zero-order valence-corrected chi connectivity index (χ0v) is 11.7. The van der Waals surface area contributed by atoms with E-state index in [-0.39, 0.29) is 0 Å². The summed E-state index contributed by atoms with van der Waals surface area (Å²) in [4.78, 5) is 8.95. The van der Waals surface area contributed by atoms with Gasteiger partial charge in [-0.25, -0.2) is 9.97 Å². The maximum absolute atomic E-state index is 5.38. The van der Waals surface area contributed by atoms with Crippen molar-refractivity contribution in [2.75, 3.05) is 13.2 Å². The van der Waals surface area contributed by atoms with Crippen molar-refractivity contribution in [3.63, 3.8) is 0 Å². The summed E-state index contributed by atoms with van der Waals surface area (Å²) in [5.41, 5.74) is 3.93. The molecule has 1 fully saturated rings. The van der Waals surface area contributed by atoms with Crippen molar-refractivity contribution in [2.45, 2.75) is 18.8 Å². The highest BCUT2D eigenvalue weighted by Gasteiger charge is 2.20. The largest absolute Gasteiger partial charge is 0.381 e. The molecule has 0 atom stereocenters. The van der Waals surface area contributed by atoms with E-state index in [9.17, 15) is 0 Å². The molecule has 2 aromatic heterocycles. The third kappa shape index (κ3) is 2.10. The summed E-state index contributed by atoms with van der Waals surface area (Å²) in [6.07, 6.45) is 2.03. The third-order valence-electron chi connectivity index (χ3n) is 3.70. The van der Waals surface area contributed by atoms with Crippen LogP contribution < -0.4 is 0 Å². The molecule has 20 heavy (non-hydrogen) atoms. The molecule has 4 rings (SSSR count). The van der Waals surface area contributed by atoms with Crippen LogP contribution in [0.15, 0.2) is 23.7 Å². The van der Waals surface area contributed by atoms with Gasteiger partial charge in [-0.05, 0) is 31.0 Å². The Morgan fingerprint density at radius 3 is 3.05 bits per heavy atom. The Hall–Kier alpha value is -1.79. The van der Waals surface area contributed by atoms with E-state index in [0.717, 1.165) is 48.8 Å². The van der Waals surface area contributed by atoms with Gasteiger partial charge in [0, 0.05) is 24.7 Å². The van der Waals surface area contributed by atoms with Gasteiger partial charge in [0.1, 0.15) is 5.82 Å². The summed E-state index contributed by atoms with van der Waals surface area (Å²) in [5, 5.41) is 7.45. The Labute approximate surface area is 120 Å². The highest BCUT2D eigenvalue weighted by atomic mass is 32.1. The molecule has 1 aliphatic heterocycles. The second-order valence-corrected chi connectivity index (χ2v) is 5.85. The highest BCUT2D eigenvalue weighted by molar-refractivity contribution is 7.16. The minimum atomic E-state index is 0.442. The lowest BCUT2D eigenvalue weighted by atomic mass is 10.00. The van der Waals surface area contributed by atoms with Gasteiger partial charge in [0.25, 0.3) is 0 Å². The lowest BCUT2D eigenvalue weighted by Gasteiger charge is -2.19. The number of nitrogens with one attached hydrogen (secondary N) is 1. The number of nitrogens with zero attached hydrogens (tertiary/aromatic N) is 3. The molecular weight excluding hydrogens is 272 g/mol. The summed E-state index contributed by atoms with van der Waals surface area (Å²) >= 11 is 1.64. The van der Waals surface area contributed by atoms with Crippen molar-refractivity contribution in [3.05, 3.63) is 29.5 Å². The molecule has 3 aromatic rings. The molecule has 1 aliphatic rings. The number of aromatic amines is 1. The fourth-order valence-electron chi connectivity index (χ4n) is 2.55. The van der Waals surface area contributed by atoms with Crippen molar-refractivity contribution in [2.24, 2.45) is 0 Å². The first-order valence-electron chi connectivity index (χ1n) is 6.74. The molecular formula is C14H14N4OS. The van der Waals surface area contributed by atoms with E-state index in [2.05, 4.69) is 26.2 Å². The van der Waals surface area contributed by atoms with Gasteiger partial charge in [-0.2, -0.15) is 5.10 Å². The molecule has 0 amide bonds. The van der Waals surface area contributed by atoms with Gasteiger partial charge in [0.15, 0.2) is 5.82 Å². The van der Waals surface area contributed by atoms with Crippen LogP contribution in [0.3, 0.4) is 0 Å². The Morgan fingerprint density at radius 2 is 2.15 bits per heavy atom. The second-order valence-electron chi connectivity index (χ2n) is 4.97. The van der Waals surface area contributed by atoms with Gasteiger partial charge in [-0.15, -0.1) is 11.3 Å². The average molecular weight is 286 g/mol. The van der Waals surface area contributed by atoms with Crippen molar-refractivity contribution in [1.82, 2.24) is 20.2 Å². The maximum Gasteiger partial charge on any atom is 0.181 e. The first kappa shape index (κ1) is 12.0. The smallest absolute Gasteiger partial charge is 0.181 e. The van der Waals surface area contributed by atoms with Crippen molar-refractivity contribution < 1.29 is 4.74 Å². The van der Waals surface area contributed by atoms with Crippen LogP contribution in [-0.2, 0) is 4.74 Å². The first-order chi connectivity index (χ1) is 9.90. The number of hydrogen-bond donors (Lipinski definition) is 1. The molecule has 3 heterocycles.